The molecule has 0 rings (SSSR count). The molecule has 0 fully saturated rings. The van der Waals surface area contributed by atoms with Crippen LogP contribution in [0.4, 0.5) is 13.2 Å². The molecular formula is C9H16F3NO. The Morgan fingerprint density at radius 3 is 2.50 bits per heavy atom. The van der Waals surface area contributed by atoms with Crippen molar-refractivity contribution in [2.45, 2.75) is 38.8 Å². The third-order valence-electron chi connectivity index (χ3n) is 1.66. The van der Waals surface area contributed by atoms with Gasteiger partial charge in [-0.1, -0.05) is 6.92 Å². The highest BCUT2D eigenvalue weighted by atomic mass is 19.4. The second kappa shape index (κ2) is 6.81. The molecule has 1 N–H and O–H groups in total. The summed E-state index contributed by atoms with van der Waals surface area (Å²) in [7, 11) is 0. The lowest BCUT2D eigenvalue weighted by atomic mass is 10.2. The van der Waals surface area contributed by atoms with Gasteiger partial charge >= 0.3 is 6.18 Å². The van der Waals surface area contributed by atoms with Crippen LogP contribution in [0.1, 0.15) is 32.6 Å². The highest BCUT2D eigenvalue weighted by Gasteiger charge is 2.26. The van der Waals surface area contributed by atoms with E-state index >= 15 is 0 Å². The van der Waals surface area contributed by atoms with Crippen molar-refractivity contribution in [1.29, 1.82) is 0 Å². The molecule has 0 bridgehead atoms. The van der Waals surface area contributed by atoms with Crippen LogP contribution in [0.5, 0.6) is 0 Å². The summed E-state index contributed by atoms with van der Waals surface area (Å²) >= 11 is 0. The fourth-order valence-corrected chi connectivity index (χ4v) is 0.979. The van der Waals surface area contributed by atoms with Crippen molar-refractivity contribution >= 4 is 5.78 Å². The van der Waals surface area contributed by atoms with Crippen LogP contribution in [0.2, 0.25) is 0 Å². The zero-order chi connectivity index (χ0) is 11.0. The van der Waals surface area contributed by atoms with E-state index < -0.39 is 12.6 Å². The Bertz CT molecular complexity index is 168. The Morgan fingerprint density at radius 1 is 1.36 bits per heavy atom. The van der Waals surface area contributed by atoms with Crippen LogP contribution in [0.25, 0.3) is 0 Å². The number of nitrogens with one attached hydrogen (secondary N) is 1. The Balaban J connectivity index is 3.36. The van der Waals surface area contributed by atoms with Crippen LogP contribution in [0.3, 0.4) is 0 Å². The molecule has 0 aliphatic carbocycles. The molecular weight excluding hydrogens is 195 g/mol. The number of ketones is 1. The molecule has 0 saturated heterocycles. The van der Waals surface area contributed by atoms with E-state index in [9.17, 15) is 18.0 Å². The Kier molecular flexibility index (Phi) is 6.53. The van der Waals surface area contributed by atoms with Crippen LogP contribution in [-0.4, -0.2) is 25.0 Å². The first-order chi connectivity index (χ1) is 6.45. The van der Waals surface area contributed by atoms with Gasteiger partial charge in [0.15, 0.2) is 0 Å². The standard InChI is InChI=1S/C9H16F3NO/c1-2-6-13-7-8(14)4-3-5-9(10,11)12/h13H,2-7H2,1H3. The predicted octanol–water partition coefficient (Wildman–Crippen LogP) is 2.29. The summed E-state index contributed by atoms with van der Waals surface area (Å²) in [4.78, 5) is 11.0. The molecule has 0 unspecified atom stereocenters. The number of Topliss-reactive ketones (excluding diaryl/α,β-unsaturated/α-hetero) is 1. The summed E-state index contributed by atoms with van der Waals surface area (Å²) in [5, 5.41) is 2.85. The molecule has 0 amide bonds. The molecule has 0 heterocycles. The largest absolute Gasteiger partial charge is 0.389 e. The molecule has 14 heavy (non-hydrogen) atoms. The van der Waals surface area contributed by atoms with Crippen molar-refractivity contribution in [3.63, 3.8) is 0 Å². The first-order valence-corrected chi connectivity index (χ1v) is 4.75. The highest BCUT2D eigenvalue weighted by Crippen LogP contribution is 2.21. The van der Waals surface area contributed by atoms with Gasteiger partial charge in [0.05, 0.1) is 6.54 Å². The minimum absolute atomic E-state index is 0.0101. The Labute approximate surface area is 81.9 Å². The van der Waals surface area contributed by atoms with Crippen molar-refractivity contribution in [3.05, 3.63) is 0 Å². The summed E-state index contributed by atoms with van der Waals surface area (Å²) < 4.78 is 35.1. The number of halogens is 3. The van der Waals surface area contributed by atoms with Crippen LogP contribution < -0.4 is 5.32 Å². The second-order valence-corrected chi connectivity index (χ2v) is 3.18. The van der Waals surface area contributed by atoms with E-state index in [0.29, 0.717) is 0 Å². The molecule has 0 aromatic carbocycles. The van der Waals surface area contributed by atoms with Gasteiger partial charge in [-0.25, -0.2) is 0 Å². The highest BCUT2D eigenvalue weighted by molar-refractivity contribution is 5.80. The fourth-order valence-electron chi connectivity index (χ4n) is 0.979. The molecule has 0 aromatic heterocycles. The molecule has 2 nitrogen and oxygen atoms in total. The maximum Gasteiger partial charge on any atom is 0.389 e. The Morgan fingerprint density at radius 2 is 2.00 bits per heavy atom. The van der Waals surface area contributed by atoms with Gasteiger partial charge in [0.2, 0.25) is 0 Å². The lowest BCUT2D eigenvalue weighted by Crippen LogP contribution is -2.23. The van der Waals surface area contributed by atoms with Gasteiger partial charge in [0.25, 0.3) is 0 Å². The molecule has 0 atom stereocenters. The molecule has 0 spiro atoms. The average molecular weight is 211 g/mol. The zero-order valence-electron chi connectivity index (χ0n) is 8.28. The maximum atomic E-state index is 11.7. The Hall–Kier alpha value is -0.580. The smallest absolute Gasteiger partial charge is 0.310 e. The second-order valence-electron chi connectivity index (χ2n) is 3.18. The predicted molar refractivity (Wildman–Crippen MR) is 48.1 cm³/mol. The van der Waals surface area contributed by atoms with Gasteiger partial charge < -0.3 is 5.32 Å². The van der Waals surface area contributed by atoms with Crippen molar-refractivity contribution in [1.82, 2.24) is 5.32 Å². The monoisotopic (exact) mass is 211 g/mol. The summed E-state index contributed by atoms with van der Waals surface area (Å²) in [6, 6.07) is 0. The number of rotatable bonds is 7. The van der Waals surface area contributed by atoms with E-state index in [1.807, 2.05) is 6.92 Å². The lowest BCUT2D eigenvalue weighted by molar-refractivity contribution is -0.137. The van der Waals surface area contributed by atoms with Crippen LogP contribution in [0.15, 0.2) is 0 Å². The van der Waals surface area contributed by atoms with Gasteiger partial charge in [-0.15, -0.1) is 0 Å². The molecule has 84 valence electrons. The van der Waals surface area contributed by atoms with E-state index in [1.165, 1.54) is 0 Å². The minimum atomic E-state index is -4.14. The van der Waals surface area contributed by atoms with Crippen molar-refractivity contribution in [2.75, 3.05) is 13.1 Å². The molecule has 0 aromatic rings. The van der Waals surface area contributed by atoms with Crippen molar-refractivity contribution < 1.29 is 18.0 Å². The fraction of sp³-hybridized carbons (Fsp3) is 0.889. The van der Waals surface area contributed by atoms with E-state index in [4.69, 9.17) is 0 Å². The van der Waals surface area contributed by atoms with Crippen LogP contribution >= 0.6 is 0 Å². The van der Waals surface area contributed by atoms with Crippen molar-refractivity contribution in [3.8, 4) is 0 Å². The summed E-state index contributed by atoms with van der Waals surface area (Å²) in [6.07, 6.45) is -4.19. The maximum absolute atomic E-state index is 11.7. The average Bonchev–Trinajstić information content (AvgIpc) is 2.02. The first-order valence-electron chi connectivity index (χ1n) is 4.75. The van der Waals surface area contributed by atoms with Gasteiger partial charge in [0, 0.05) is 12.8 Å². The van der Waals surface area contributed by atoms with Gasteiger partial charge in [-0.05, 0) is 19.4 Å². The van der Waals surface area contributed by atoms with Crippen molar-refractivity contribution in [2.24, 2.45) is 0 Å². The minimum Gasteiger partial charge on any atom is -0.310 e. The third-order valence-corrected chi connectivity index (χ3v) is 1.66. The lowest BCUT2D eigenvalue weighted by Gasteiger charge is -2.05. The van der Waals surface area contributed by atoms with Gasteiger partial charge in [-0.2, -0.15) is 13.2 Å². The SMILES string of the molecule is CCCNCC(=O)CCCC(F)(F)F. The summed E-state index contributed by atoms with van der Waals surface area (Å²) in [6.45, 7) is 2.87. The zero-order valence-corrected chi connectivity index (χ0v) is 8.28. The summed E-state index contributed by atoms with van der Waals surface area (Å²) in [5.41, 5.74) is 0. The first kappa shape index (κ1) is 13.4. The van der Waals surface area contributed by atoms with Gasteiger partial charge in [0.1, 0.15) is 5.78 Å². The number of carbonyl (C=O) groups excluding carboxylic acids is 1. The molecule has 0 saturated carbocycles. The number of hydrogen-bond donors (Lipinski definition) is 1. The molecule has 0 aliphatic heterocycles. The van der Waals surface area contributed by atoms with E-state index in [2.05, 4.69) is 5.32 Å². The normalized spacial score (nSPS) is 11.7. The molecule has 0 radical (unpaired) electrons. The number of carbonyl (C=O) groups is 1. The van der Waals surface area contributed by atoms with Gasteiger partial charge in [-0.3, -0.25) is 4.79 Å². The van der Waals surface area contributed by atoms with Crippen LogP contribution in [-0.2, 0) is 4.79 Å². The van der Waals surface area contributed by atoms with E-state index in [1.54, 1.807) is 0 Å². The topological polar surface area (TPSA) is 29.1 Å². The number of alkyl halides is 3. The van der Waals surface area contributed by atoms with Crippen LogP contribution in [0, 0.1) is 0 Å². The van der Waals surface area contributed by atoms with E-state index in [-0.39, 0.29) is 25.2 Å². The molecule has 0 aliphatic rings. The number of hydrogen-bond acceptors (Lipinski definition) is 2. The summed E-state index contributed by atoms with van der Waals surface area (Å²) in [5.74, 6) is -0.150. The van der Waals surface area contributed by atoms with E-state index in [0.717, 1.165) is 13.0 Å². The molecule has 5 heteroatoms. The quantitative estimate of drug-likeness (QED) is 0.654. The third kappa shape index (κ3) is 9.51.